The van der Waals surface area contributed by atoms with Gasteiger partial charge in [-0.25, -0.2) is 0 Å². The van der Waals surface area contributed by atoms with Gasteiger partial charge in [-0.3, -0.25) is 4.79 Å². The van der Waals surface area contributed by atoms with Crippen LogP contribution in [0.1, 0.15) is 27.7 Å². The zero-order valence-electron chi connectivity index (χ0n) is 12.4. The van der Waals surface area contributed by atoms with Crippen molar-refractivity contribution in [3.05, 3.63) is 29.3 Å². The van der Waals surface area contributed by atoms with Gasteiger partial charge in [0.15, 0.2) is 6.10 Å². The van der Waals surface area contributed by atoms with Crippen molar-refractivity contribution in [1.29, 1.82) is 0 Å². The van der Waals surface area contributed by atoms with Gasteiger partial charge in [-0.1, -0.05) is 23.7 Å². The largest absolute Gasteiger partial charge is 0.479 e. The molecule has 0 bridgehead atoms. The fourth-order valence-electron chi connectivity index (χ4n) is 1.85. The molecule has 1 N–H and O–H groups in total. The number of halogens is 1. The van der Waals surface area contributed by atoms with Crippen LogP contribution in [0.4, 0.5) is 0 Å². The van der Waals surface area contributed by atoms with Crippen LogP contribution in [0, 0.1) is 0 Å². The summed E-state index contributed by atoms with van der Waals surface area (Å²) in [5, 5.41) is 10.3. The normalized spacial score (nSPS) is 12.9. The van der Waals surface area contributed by atoms with E-state index in [-0.39, 0.29) is 12.5 Å². The van der Waals surface area contributed by atoms with Crippen LogP contribution >= 0.6 is 11.6 Å². The van der Waals surface area contributed by atoms with Crippen LogP contribution in [-0.2, 0) is 4.79 Å². The van der Waals surface area contributed by atoms with E-state index < -0.39 is 11.7 Å². The zero-order chi connectivity index (χ0) is 15.3. The molecule has 0 spiro atoms. The average Bonchev–Trinajstić information content (AvgIpc) is 2.36. The van der Waals surface area contributed by atoms with Gasteiger partial charge < -0.3 is 14.7 Å². The zero-order valence-corrected chi connectivity index (χ0v) is 13.1. The molecule has 4 nitrogen and oxygen atoms in total. The van der Waals surface area contributed by atoms with E-state index in [1.165, 1.54) is 0 Å². The lowest BCUT2D eigenvalue weighted by Crippen LogP contribution is -2.47. The number of rotatable bonds is 6. The minimum absolute atomic E-state index is 0.172. The maximum absolute atomic E-state index is 12.3. The highest BCUT2D eigenvalue weighted by molar-refractivity contribution is 6.32. The third-order valence-electron chi connectivity index (χ3n) is 2.76. The maximum atomic E-state index is 12.3. The number of benzene rings is 1. The summed E-state index contributed by atoms with van der Waals surface area (Å²) in [5.41, 5.74) is -0.935. The highest BCUT2D eigenvalue weighted by Gasteiger charge is 2.26. The summed E-state index contributed by atoms with van der Waals surface area (Å²) >= 11 is 6.00. The number of hydrogen-bond acceptors (Lipinski definition) is 3. The molecule has 1 rings (SSSR count). The first-order valence-electron chi connectivity index (χ1n) is 6.67. The van der Waals surface area contributed by atoms with E-state index in [4.69, 9.17) is 16.3 Å². The monoisotopic (exact) mass is 299 g/mol. The number of ether oxygens (including phenoxy) is 1. The van der Waals surface area contributed by atoms with Crippen molar-refractivity contribution in [3.8, 4) is 5.75 Å². The number of aliphatic hydroxyl groups is 1. The number of nitrogens with zero attached hydrogens (tertiary/aromatic N) is 1. The Bertz CT molecular complexity index is 457. The lowest BCUT2D eigenvalue weighted by molar-refractivity contribution is -0.140. The van der Waals surface area contributed by atoms with Crippen LogP contribution in [0.3, 0.4) is 0 Å². The molecule has 0 aliphatic carbocycles. The summed E-state index contributed by atoms with van der Waals surface area (Å²) in [6.07, 6.45) is -0.655. The molecule has 1 atom stereocenters. The van der Waals surface area contributed by atoms with Crippen LogP contribution in [0.5, 0.6) is 5.75 Å². The summed E-state index contributed by atoms with van der Waals surface area (Å²) in [5.74, 6) is 0.309. The lowest BCUT2D eigenvalue weighted by Gasteiger charge is -2.30. The molecular weight excluding hydrogens is 278 g/mol. The minimum Gasteiger partial charge on any atom is -0.479 e. The van der Waals surface area contributed by atoms with Gasteiger partial charge in [0.25, 0.3) is 5.91 Å². The van der Waals surface area contributed by atoms with Crippen molar-refractivity contribution in [2.45, 2.75) is 39.4 Å². The van der Waals surface area contributed by atoms with Crippen molar-refractivity contribution < 1.29 is 14.6 Å². The standard InChI is InChI=1S/C15H22ClNO3/c1-5-17(10-15(3,4)19)14(18)11(2)20-13-9-7-6-8-12(13)16/h6-9,11,19H,5,10H2,1-4H3. The van der Waals surface area contributed by atoms with E-state index in [0.29, 0.717) is 17.3 Å². The van der Waals surface area contributed by atoms with Gasteiger partial charge in [-0.15, -0.1) is 0 Å². The van der Waals surface area contributed by atoms with Gasteiger partial charge in [0.1, 0.15) is 5.75 Å². The van der Waals surface area contributed by atoms with E-state index in [9.17, 15) is 9.90 Å². The van der Waals surface area contributed by atoms with Crippen LogP contribution < -0.4 is 4.74 Å². The quantitative estimate of drug-likeness (QED) is 0.878. The predicted molar refractivity (Wildman–Crippen MR) is 80.1 cm³/mol. The minimum atomic E-state index is -0.935. The Morgan fingerprint density at radius 3 is 2.55 bits per heavy atom. The number of para-hydroxylation sites is 1. The SMILES string of the molecule is CCN(CC(C)(C)O)C(=O)C(C)Oc1ccccc1Cl. The molecule has 0 aliphatic rings. The number of amides is 1. The summed E-state index contributed by atoms with van der Waals surface area (Å²) in [6.45, 7) is 7.66. The van der Waals surface area contributed by atoms with E-state index >= 15 is 0 Å². The molecular formula is C15H22ClNO3. The first-order chi connectivity index (χ1) is 9.24. The summed E-state index contributed by atoms with van der Waals surface area (Å²) < 4.78 is 5.60. The fourth-order valence-corrected chi connectivity index (χ4v) is 2.03. The highest BCUT2D eigenvalue weighted by atomic mass is 35.5. The topological polar surface area (TPSA) is 49.8 Å². The van der Waals surface area contributed by atoms with Gasteiger partial charge >= 0.3 is 0 Å². The van der Waals surface area contributed by atoms with Gasteiger partial charge in [0.2, 0.25) is 0 Å². The second kappa shape index (κ2) is 6.95. The summed E-state index contributed by atoms with van der Waals surface area (Å²) in [7, 11) is 0. The Labute approximate surface area is 125 Å². The van der Waals surface area contributed by atoms with Crippen LogP contribution in [-0.4, -0.2) is 40.7 Å². The number of carbonyl (C=O) groups is 1. The van der Waals surface area contributed by atoms with E-state index in [1.54, 1.807) is 49.9 Å². The smallest absolute Gasteiger partial charge is 0.263 e. The molecule has 112 valence electrons. The van der Waals surface area contributed by atoms with Crippen molar-refractivity contribution in [2.75, 3.05) is 13.1 Å². The van der Waals surface area contributed by atoms with Crippen molar-refractivity contribution in [3.63, 3.8) is 0 Å². The molecule has 0 aromatic heterocycles. The van der Waals surface area contributed by atoms with E-state index in [0.717, 1.165) is 0 Å². The Balaban J connectivity index is 2.73. The van der Waals surface area contributed by atoms with Crippen molar-refractivity contribution >= 4 is 17.5 Å². The van der Waals surface area contributed by atoms with Crippen LogP contribution in [0.15, 0.2) is 24.3 Å². The third-order valence-corrected chi connectivity index (χ3v) is 3.07. The Kier molecular flexibility index (Phi) is 5.84. The van der Waals surface area contributed by atoms with E-state index in [2.05, 4.69) is 0 Å². The molecule has 1 aromatic carbocycles. The number of carbonyl (C=O) groups excluding carboxylic acids is 1. The maximum Gasteiger partial charge on any atom is 0.263 e. The predicted octanol–water partition coefficient (Wildman–Crippen LogP) is 2.73. The highest BCUT2D eigenvalue weighted by Crippen LogP contribution is 2.24. The Morgan fingerprint density at radius 2 is 2.05 bits per heavy atom. The molecule has 0 radical (unpaired) electrons. The third kappa shape index (κ3) is 5.02. The molecule has 20 heavy (non-hydrogen) atoms. The van der Waals surface area contributed by atoms with Gasteiger partial charge in [0, 0.05) is 13.1 Å². The van der Waals surface area contributed by atoms with Crippen LogP contribution in [0.25, 0.3) is 0 Å². The first-order valence-corrected chi connectivity index (χ1v) is 7.04. The lowest BCUT2D eigenvalue weighted by atomic mass is 10.1. The molecule has 0 saturated carbocycles. The van der Waals surface area contributed by atoms with Gasteiger partial charge in [0.05, 0.1) is 10.6 Å². The second-order valence-electron chi connectivity index (χ2n) is 5.36. The molecule has 1 unspecified atom stereocenters. The molecule has 1 aromatic rings. The summed E-state index contributed by atoms with van der Waals surface area (Å²) in [6, 6.07) is 7.03. The molecule has 0 fully saturated rings. The fraction of sp³-hybridized carbons (Fsp3) is 0.533. The van der Waals surface area contributed by atoms with Gasteiger partial charge in [-0.05, 0) is 39.8 Å². The van der Waals surface area contributed by atoms with E-state index in [1.807, 2.05) is 6.92 Å². The molecule has 5 heteroatoms. The molecule has 0 aliphatic heterocycles. The molecule has 0 saturated heterocycles. The Hall–Kier alpha value is -1.26. The molecule has 0 heterocycles. The molecule has 1 amide bonds. The van der Waals surface area contributed by atoms with Crippen LogP contribution in [0.2, 0.25) is 5.02 Å². The number of likely N-dealkylation sites (N-methyl/N-ethyl adjacent to an activating group) is 1. The van der Waals surface area contributed by atoms with Gasteiger partial charge in [-0.2, -0.15) is 0 Å². The van der Waals surface area contributed by atoms with Crippen molar-refractivity contribution in [1.82, 2.24) is 4.90 Å². The average molecular weight is 300 g/mol. The Morgan fingerprint density at radius 1 is 1.45 bits per heavy atom. The van der Waals surface area contributed by atoms with Crippen molar-refractivity contribution in [2.24, 2.45) is 0 Å². The first kappa shape index (κ1) is 16.8. The summed E-state index contributed by atoms with van der Waals surface area (Å²) in [4.78, 5) is 13.9. The second-order valence-corrected chi connectivity index (χ2v) is 5.76. The number of hydrogen-bond donors (Lipinski definition) is 1.